The van der Waals surface area contributed by atoms with Crippen molar-refractivity contribution in [3.05, 3.63) is 60.3 Å². The van der Waals surface area contributed by atoms with Gasteiger partial charge in [-0.1, -0.05) is 18.2 Å². The van der Waals surface area contributed by atoms with Crippen molar-refractivity contribution in [1.29, 1.82) is 0 Å². The number of amides is 1. The van der Waals surface area contributed by atoms with Crippen LogP contribution in [-0.2, 0) is 11.3 Å². The van der Waals surface area contributed by atoms with E-state index < -0.39 is 0 Å². The van der Waals surface area contributed by atoms with Gasteiger partial charge in [-0.3, -0.25) is 4.79 Å². The molecular weight excluding hydrogens is 304 g/mol. The van der Waals surface area contributed by atoms with Crippen molar-refractivity contribution in [3.8, 4) is 5.75 Å². The molecular formula is C19H20N2O3. The van der Waals surface area contributed by atoms with Crippen molar-refractivity contribution in [2.45, 2.75) is 6.54 Å². The topological polar surface area (TPSA) is 52.5 Å². The maximum absolute atomic E-state index is 12.6. The van der Waals surface area contributed by atoms with Crippen LogP contribution in [0, 0.1) is 0 Å². The molecule has 0 bridgehead atoms. The van der Waals surface area contributed by atoms with Gasteiger partial charge in [-0.2, -0.15) is 0 Å². The van der Waals surface area contributed by atoms with Crippen LogP contribution >= 0.6 is 0 Å². The number of para-hydroxylation sites is 1. The van der Waals surface area contributed by atoms with Gasteiger partial charge in [-0.25, -0.2) is 0 Å². The van der Waals surface area contributed by atoms with Crippen LogP contribution in [0.3, 0.4) is 0 Å². The lowest BCUT2D eigenvalue weighted by Crippen LogP contribution is -2.13. The molecule has 0 radical (unpaired) electrons. The van der Waals surface area contributed by atoms with E-state index in [2.05, 4.69) is 9.88 Å². The van der Waals surface area contributed by atoms with Gasteiger partial charge >= 0.3 is 0 Å². The first-order chi connectivity index (χ1) is 11.7. The Balaban J connectivity index is 1.90. The summed E-state index contributed by atoms with van der Waals surface area (Å²) in [5, 5.41) is 3.98. The predicted octanol–water partition coefficient (Wildman–Crippen LogP) is 3.55. The minimum atomic E-state index is -0.190. The average molecular weight is 324 g/mol. The number of ether oxygens (including phenoxy) is 2. The van der Waals surface area contributed by atoms with Crippen LogP contribution in [0.4, 0.5) is 5.69 Å². The molecule has 0 aliphatic carbocycles. The normalized spacial score (nSPS) is 10.8. The zero-order valence-corrected chi connectivity index (χ0v) is 13.8. The molecule has 3 aromatic rings. The lowest BCUT2D eigenvalue weighted by molar-refractivity contribution is 0.102. The molecule has 0 spiro atoms. The van der Waals surface area contributed by atoms with Gasteiger partial charge in [-0.15, -0.1) is 0 Å². The molecule has 124 valence electrons. The van der Waals surface area contributed by atoms with Crippen LogP contribution in [0.1, 0.15) is 10.4 Å². The number of hydrogen-bond donors (Lipinski definition) is 1. The summed E-state index contributed by atoms with van der Waals surface area (Å²) in [4.78, 5) is 12.6. The van der Waals surface area contributed by atoms with Crippen LogP contribution in [-0.4, -0.2) is 31.3 Å². The molecule has 0 aliphatic heterocycles. The van der Waals surface area contributed by atoms with Crippen molar-refractivity contribution in [1.82, 2.24) is 4.57 Å². The van der Waals surface area contributed by atoms with Crippen LogP contribution in [0.15, 0.2) is 54.7 Å². The molecule has 2 aromatic carbocycles. The van der Waals surface area contributed by atoms with Gasteiger partial charge in [-0.05, 0) is 30.3 Å². The Morgan fingerprint density at radius 1 is 1.08 bits per heavy atom. The summed E-state index contributed by atoms with van der Waals surface area (Å²) in [6.45, 7) is 1.41. The largest absolute Gasteiger partial charge is 0.496 e. The molecule has 0 saturated carbocycles. The highest BCUT2D eigenvalue weighted by molar-refractivity contribution is 6.10. The molecule has 3 rings (SSSR count). The van der Waals surface area contributed by atoms with E-state index in [9.17, 15) is 4.79 Å². The minimum Gasteiger partial charge on any atom is -0.496 e. The first kappa shape index (κ1) is 16.1. The molecule has 1 heterocycles. The maximum atomic E-state index is 12.6. The van der Waals surface area contributed by atoms with Crippen LogP contribution in [0.5, 0.6) is 5.75 Å². The molecule has 0 aliphatic rings. The van der Waals surface area contributed by atoms with Crippen molar-refractivity contribution in [2.24, 2.45) is 0 Å². The first-order valence-electron chi connectivity index (χ1n) is 7.75. The molecule has 1 amide bonds. The third kappa shape index (κ3) is 3.12. The fourth-order valence-corrected chi connectivity index (χ4v) is 2.74. The molecule has 0 fully saturated rings. The Labute approximate surface area is 140 Å². The molecule has 24 heavy (non-hydrogen) atoms. The number of methoxy groups -OCH3 is 2. The lowest BCUT2D eigenvalue weighted by Gasteiger charge is -2.10. The highest BCUT2D eigenvalue weighted by Gasteiger charge is 2.13. The maximum Gasteiger partial charge on any atom is 0.259 e. The zero-order valence-electron chi connectivity index (χ0n) is 13.8. The molecule has 0 atom stereocenters. The lowest BCUT2D eigenvalue weighted by atomic mass is 10.1. The molecule has 1 N–H and O–H groups in total. The Kier molecular flexibility index (Phi) is 4.82. The van der Waals surface area contributed by atoms with E-state index in [0.29, 0.717) is 17.9 Å². The van der Waals surface area contributed by atoms with Crippen LogP contribution in [0.2, 0.25) is 0 Å². The van der Waals surface area contributed by atoms with Crippen molar-refractivity contribution >= 4 is 22.5 Å². The third-order valence-electron chi connectivity index (χ3n) is 3.95. The van der Waals surface area contributed by atoms with Crippen molar-refractivity contribution < 1.29 is 14.3 Å². The number of hydrogen-bond acceptors (Lipinski definition) is 3. The monoisotopic (exact) mass is 324 g/mol. The average Bonchev–Trinajstić information content (AvgIpc) is 3.04. The second kappa shape index (κ2) is 7.19. The number of nitrogens with zero attached hydrogens (tertiary/aromatic N) is 1. The van der Waals surface area contributed by atoms with Crippen LogP contribution in [0.25, 0.3) is 10.9 Å². The third-order valence-corrected chi connectivity index (χ3v) is 3.95. The van der Waals surface area contributed by atoms with Gasteiger partial charge < -0.3 is 19.4 Å². The summed E-state index contributed by atoms with van der Waals surface area (Å²) < 4.78 is 12.5. The smallest absolute Gasteiger partial charge is 0.259 e. The molecule has 0 unspecified atom stereocenters. The summed E-state index contributed by atoms with van der Waals surface area (Å²) in [6.07, 6.45) is 2.00. The Hall–Kier alpha value is -2.79. The van der Waals surface area contributed by atoms with E-state index >= 15 is 0 Å². The highest BCUT2D eigenvalue weighted by Crippen LogP contribution is 2.26. The van der Waals surface area contributed by atoms with Gasteiger partial charge in [0, 0.05) is 25.2 Å². The molecule has 0 saturated heterocycles. The molecule has 1 aromatic heterocycles. The van der Waals surface area contributed by atoms with E-state index in [1.165, 1.54) is 0 Å². The second-order valence-electron chi connectivity index (χ2n) is 5.39. The number of nitrogens with one attached hydrogen (secondary N) is 1. The fraction of sp³-hybridized carbons (Fsp3) is 0.211. The summed E-state index contributed by atoms with van der Waals surface area (Å²) >= 11 is 0. The summed E-state index contributed by atoms with van der Waals surface area (Å²) in [7, 11) is 3.24. The minimum absolute atomic E-state index is 0.190. The van der Waals surface area contributed by atoms with Crippen molar-refractivity contribution in [2.75, 3.05) is 26.1 Å². The van der Waals surface area contributed by atoms with Gasteiger partial charge in [0.25, 0.3) is 5.91 Å². The number of rotatable bonds is 6. The SMILES string of the molecule is COCCn1ccc2c(NC(=O)c3ccccc3OC)cccc21. The van der Waals surface area contributed by atoms with Gasteiger partial charge in [0.15, 0.2) is 0 Å². The Morgan fingerprint density at radius 2 is 1.92 bits per heavy atom. The van der Waals surface area contributed by atoms with E-state index in [1.54, 1.807) is 26.4 Å². The number of aromatic nitrogens is 1. The van der Waals surface area contributed by atoms with E-state index in [-0.39, 0.29) is 5.91 Å². The van der Waals surface area contributed by atoms with Gasteiger partial charge in [0.1, 0.15) is 5.75 Å². The Morgan fingerprint density at radius 3 is 2.71 bits per heavy atom. The van der Waals surface area contributed by atoms with E-state index in [0.717, 1.165) is 23.1 Å². The quantitative estimate of drug-likeness (QED) is 0.754. The first-order valence-corrected chi connectivity index (χ1v) is 7.75. The standard InChI is InChI=1S/C19H20N2O3/c1-23-13-12-21-11-10-14-16(7-5-8-17(14)21)20-19(22)15-6-3-4-9-18(15)24-2/h3-11H,12-13H2,1-2H3,(H,20,22). The summed E-state index contributed by atoms with van der Waals surface area (Å²) in [6, 6.07) is 15.0. The van der Waals surface area contributed by atoms with Crippen molar-refractivity contribution in [3.63, 3.8) is 0 Å². The number of carbonyl (C=O) groups is 1. The highest BCUT2D eigenvalue weighted by atomic mass is 16.5. The number of carbonyl (C=O) groups excluding carboxylic acids is 1. The summed E-state index contributed by atoms with van der Waals surface area (Å²) in [5.74, 6) is 0.365. The van der Waals surface area contributed by atoms with Gasteiger partial charge in [0.05, 0.1) is 30.5 Å². The number of benzene rings is 2. The molecule has 5 nitrogen and oxygen atoms in total. The fourth-order valence-electron chi connectivity index (χ4n) is 2.74. The molecule has 5 heteroatoms. The predicted molar refractivity (Wildman–Crippen MR) is 94.8 cm³/mol. The second-order valence-corrected chi connectivity index (χ2v) is 5.39. The van der Waals surface area contributed by atoms with Crippen LogP contribution < -0.4 is 10.1 Å². The summed E-state index contributed by atoms with van der Waals surface area (Å²) in [5.41, 5.74) is 2.35. The Bertz CT molecular complexity index is 855. The zero-order chi connectivity index (χ0) is 16.9. The number of anilines is 1. The number of fused-ring (bicyclic) bond motifs is 1. The van der Waals surface area contributed by atoms with Gasteiger partial charge in [0.2, 0.25) is 0 Å². The van der Waals surface area contributed by atoms with E-state index in [4.69, 9.17) is 9.47 Å². The van der Waals surface area contributed by atoms with E-state index in [1.807, 2.05) is 42.6 Å².